The summed E-state index contributed by atoms with van der Waals surface area (Å²) < 4.78 is 0. The van der Waals surface area contributed by atoms with Crippen LogP contribution in [0.2, 0.25) is 0 Å². The maximum atomic E-state index is 11.6. The zero-order valence-electron chi connectivity index (χ0n) is 11.9. The summed E-state index contributed by atoms with van der Waals surface area (Å²) in [7, 11) is 0. The number of anilines is 1. The van der Waals surface area contributed by atoms with Crippen molar-refractivity contribution >= 4 is 17.6 Å². The van der Waals surface area contributed by atoms with E-state index in [0.29, 0.717) is 6.04 Å². The summed E-state index contributed by atoms with van der Waals surface area (Å²) in [5.41, 5.74) is -0.0709. The van der Waals surface area contributed by atoms with Crippen molar-refractivity contribution in [1.29, 1.82) is 0 Å². The highest BCUT2D eigenvalue weighted by atomic mass is 32.2. The first kappa shape index (κ1) is 14.4. The van der Waals surface area contributed by atoms with Gasteiger partial charge in [-0.1, -0.05) is 20.3 Å². The number of nitrogens with zero attached hydrogens (tertiary/aromatic N) is 1. The van der Waals surface area contributed by atoms with Gasteiger partial charge in [0.1, 0.15) is 11.6 Å². The average Bonchev–Trinajstić information content (AvgIpc) is 2.38. The van der Waals surface area contributed by atoms with Crippen molar-refractivity contribution in [3.05, 3.63) is 22.2 Å². The molecule has 0 radical (unpaired) electrons. The van der Waals surface area contributed by atoms with Gasteiger partial charge in [0.25, 0.3) is 5.56 Å². The number of aromatic amines is 1. The van der Waals surface area contributed by atoms with Crippen molar-refractivity contribution in [2.75, 3.05) is 11.6 Å². The highest BCUT2D eigenvalue weighted by Gasteiger charge is 2.21. The lowest BCUT2D eigenvalue weighted by Crippen LogP contribution is -2.29. The molecule has 0 aliphatic heterocycles. The number of hydrogen-bond donors (Lipinski definition) is 2. The Morgan fingerprint density at radius 1 is 1.47 bits per heavy atom. The van der Waals surface area contributed by atoms with Gasteiger partial charge in [-0.3, -0.25) is 4.79 Å². The number of H-pyrrole nitrogens is 1. The zero-order valence-corrected chi connectivity index (χ0v) is 12.7. The molecular weight excluding hydrogens is 258 g/mol. The standard InChI is InChI=1S/C14H23N3OS/c1-9(2)14-16-12(8-13(18)17-14)15-10-5-4-6-11(7-10)19-3/h8-11H,4-7H2,1-3H3,(H2,15,16,17,18). The molecule has 2 rings (SSSR count). The molecule has 1 aromatic rings. The predicted molar refractivity (Wildman–Crippen MR) is 82.1 cm³/mol. The van der Waals surface area contributed by atoms with E-state index in [1.807, 2.05) is 25.6 Å². The Kier molecular flexibility index (Phi) is 4.91. The molecule has 2 atom stereocenters. The van der Waals surface area contributed by atoms with Crippen LogP contribution in [0.3, 0.4) is 0 Å². The number of nitrogens with one attached hydrogen (secondary N) is 2. The molecule has 1 heterocycles. The molecule has 106 valence electrons. The molecule has 4 nitrogen and oxygen atoms in total. The van der Waals surface area contributed by atoms with Crippen molar-refractivity contribution in [1.82, 2.24) is 9.97 Å². The Bertz CT molecular complexity index is 472. The van der Waals surface area contributed by atoms with E-state index in [1.165, 1.54) is 19.3 Å². The fourth-order valence-electron chi connectivity index (χ4n) is 2.52. The molecule has 0 amide bonds. The van der Waals surface area contributed by atoms with Gasteiger partial charge in [-0.15, -0.1) is 0 Å². The van der Waals surface area contributed by atoms with Gasteiger partial charge >= 0.3 is 0 Å². The van der Waals surface area contributed by atoms with Crippen LogP contribution in [-0.2, 0) is 0 Å². The topological polar surface area (TPSA) is 57.8 Å². The quantitative estimate of drug-likeness (QED) is 0.891. The normalized spacial score (nSPS) is 23.6. The second kappa shape index (κ2) is 6.46. The van der Waals surface area contributed by atoms with Crippen molar-refractivity contribution in [3.63, 3.8) is 0 Å². The maximum absolute atomic E-state index is 11.6. The van der Waals surface area contributed by atoms with Gasteiger partial charge in [0.15, 0.2) is 0 Å². The van der Waals surface area contributed by atoms with Crippen molar-refractivity contribution < 1.29 is 0 Å². The summed E-state index contributed by atoms with van der Waals surface area (Å²) in [5, 5.41) is 4.17. The fourth-order valence-corrected chi connectivity index (χ4v) is 3.35. The van der Waals surface area contributed by atoms with E-state index in [4.69, 9.17) is 0 Å². The summed E-state index contributed by atoms with van der Waals surface area (Å²) >= 11 is 1.94. The van der Waals surface area contributed by atoms with E-state index in [9.17, 15) is 4.79 Å². The lowest BCUT2D eigenvalue weighted by atomic mass is 9.95. The van der Waals surface area contributed by atoms with E-state index < -0.39 is 0 Å². The Hall–Kier alpha value is -0.970. The van der Waals surface area contributed by atoms with Gasteiger partial charge in [-0.2, -0.15) is 11.8 Å². The van der Waals surface area contributed by atoms with Crippen molar-refractivity contribution in [2.45, 2.75) is 56.7 Å². The molecule has 2 unspecified atom stereocenters. The minimum atomic E-state index is -0.0709. The zero-order chi connectivity index (χ0) is 13.8. The summed E-state index contributed by atoms with van der Waals surface area (Å²) in [6.07, 6.45) is 7.06. The molecule has 0 aromatic carbocycles. The van der Waals surface area contributed by atoms with Crippen LogP contribution in [0.1, 0.15) is 51.3 Å². The Morgan fingerprint density at radius 2 is 2.26 bits per heavy atom. The number of aromatic nitrogens is 2. The molecule has 2 N–H and O–H groups in total. The van der Waals surface area contributed by atoms with E-state index in [1.54, 1.807) is 6.07 Å². The number of rotatable bonds is 4. The second-order valence-electron chi connectivity index (χ2n) is 5.54. The number of thioether (sulfide) groups is 1. The molecule has 1 aliphatic rings. The SMILES string of the molecule is CSC1CCCC(Nc2cc(=O)[nH]c(C(C)C)n2)C1. The van der Waals surface area contributed by atoms with Gasteiger partial charge in [0, 0.05) is 23.3 Å². The fraction of sp³-hybridized carbons (Fsp3) is 0.714. The molecule has 1 fully saturated rings. The first-order chi connectivity index (χ1) is 9.08. The monoisotopic (exact) mass is 281 g/mol. The Labute approximate surface area is 118 Å². The minimum Gasteiger partial charge on any atom is -0.367 e. The van der Waals surface area contributed by atoms with Crippen LogP contribution >= 0.6 is 11.8 Å². The number of hydrogen-bond acceptors (Lipinski definition) is 4. The molecule has 5 heteroatoms. The summed E-state index contributed by atoms with van der Waals surface area (Å²) in [4.78, 5) is 18.9. The third-order valence-corrected chi connectivity index (χ3v) is 4.71. The van der Waals surface area contributed by atoms with Gasteiger partial charge < -0.3 is 10.3 Å². The van der Waals surface area contributed by atoms with Gasteiger partial charge in [-0.05, 0) is 25.5 Å². The smallest absolute Gasteiger partial charge is 0.252 e. The van der Waals surface area contributed by atoms with Crippen molar-refractivity contribution in [2.24, 2.45) is 0 Å². The second-order valence-corrected chi connectivity index (χ2v) is 6.67. The van der Waals surface area contributed by atoms with E-state index in [-0.39, 0.29) is 11.5 Å². The van der Waals surface area contributed by atoms with Crippen LogP contribution in [0, 0.1) is 0 Å². The molecule has 0 spiro atoms. The Balaban J connectivity index is 2.08. The molecule has 1 saturated carbocycles. The van der Waals surface area contributed by atoms with Gasteiger partial charge in [0.2, 0.25) is 0 Å². The summed E-state index contributed by atoms with van der Waals surface area (Å²) in [6.45, 7) is 4.07. The summed E-state index contributed by atoms with van der Waals surface area (Å²) in [5.74, 6) is 1.71. The summed E-state index contributed by atoms with van der Waals surface area (Å²) in [6, 6.07) is 2.01. The molecular formula is C14H23N3OS. The predicted octanol–water partition coefficient (Wildman–Crippen LogP) is 2.98. The van der Waals surface area contributed by atoms with Crippen molar-refractivity contribution in [3.8, 4) is 0 Å². The first-order valence-electron chi connectivity index (χ1n) is 6.99. The van der Waals surface area contributed by atoms with Gasteiger partial charge in [-0.25, -0.2) is 4.98 Å². The Morgan fingerprint density at radius 3 is 2.95 bits per heavy atom. The van der Waals surface area contributed by atoms with Crippen LogP contribution < -0.4 is 10.9 Å². The van der Waals surface area contributed by atoms with E-state index in [2.05, 4.69) is 21.5 Å². The first-order valence-corrected chi connectivity index (χ1v) is 8.28. The molecule has 1 aliphatic carbocycles. The molecule has 1 aromatic heterocycles. The lowest BCUT2D eigenvalue weighted by Gasteiger charge is -2.29. The molecule has 19 heavy (non-hydrogen) atoms. The van der Waals surface area contributed by atoms with Crippen LogP contribution in [0.5, 0.6) is 0 Å². The minimum absolute atomic E-state index is 0.0709. The van der Waals surface area contributed by atoms with Gasteiger partial charge in [0.05, 0.1) is 0 Å². The largest absolute Gasteiger partial charge is 0.367 e. The third kappa shape index (κ3) is 4.00. The highest BCUT2D eigenvalue weighted by molar-refractivity contribution is 7.99. The van der Waals surface area contributed by atoms with Crippen LogP contribution in [0.15, 0.2) is 10.9 Å². The maximum Gasteiger partial charge on any atom is 0.252 e. The average molecular weight is 281 g/mol. The molecule has 0 saturated heterocycles. The van der Waals surface area contributed by atoms with E-state index >= 15 is 0 Å². The van der Waals surface area contributed by atoms with Crippen LogP contribution in [0.4, 0.5) is 5.82 Å². The van der Waals surface area contributed by atoms with Crippen LogP contribution in [0.25, 0.3) is 0 Å². The highest BCUT2D eigenvalue weighted by Crippen LogP contribution is 2.28. The lowest BCUT2D eigenvalue weighted by molar-refractivity contribution is 0.472. The molecule has 0 bridgehead atoms. The third-order valence-electron chi connectivity index (χ3n) is 3.62. The van der Waals surface area contributed by atoms with E-state index in [0.717, 1.165) is 23.3 Å². The van der Waals surface area contributed by atoms with Crippen LogP contribution in [-0.4, -0.2) is 27.5 Å².